The molecule has 3 N–H and O–H groups in total. The summed E-state index contributed by atoms with van der Waals surface area (Å²) in [5.41, 5.74) is 0. The Morgan fingerprint density at radius 3 is 1.10 bits per heavy atom. The van der Waals surface area contributed by atoms with Crippen molar-refractivity contribution in [1.82, 2.24) is 5.32 Å². The molecule has 0 saturated carbocycles. The maximum absolute atomic E-state index is 12.5. The van der Waals surface area contributed by atoms with Crippen molar-refractivity contribution in [2.24, 2.45) is 0 Å². The molecule has 0 aliphatic rings. The smallest absolute Gasteiger partial charge is 0.305 e. The molecule has 2 unspecified atom stereocenters. The molecule has 71 heavy (non-hydrogen) atoms. The van der Waals surface area contributed by atoms with Gasteiger partial charge in [-0.2, -0.15) is 0 Å². The number of aliphatic hydroxyl groups is 2. The molecule has 1 amide bonds. The largest absolute Gasteiger partial charge is 0.466 e. The molecule has 0 aliphatic carbocycles. The summed E-state index contributed by atoms with van der Waals surface area (Å²) >= 11 is 0. The number of hydrogen-bond acceptors (Lipinski definition) is 5. The predicted octanol–water partition coefficient (Wildman–Crippen LogP) is 20.2. The summed E-state index contributed by atoms with van der Waals surface area (Å²) < 4.78 is 5.48. The highest BCUT2D eigenvalue weighted by Gasteiger charge is 2.20. The van der Waals surface area contributed by atoms with Crippen molar-refractivity contribution in [1.29, 1.82) is 0 Å². The van der Waals surface area contributed by atoms with Crippen molar-refractivity contribution in [3.8, 4) is 0 Å². The van der Waals surface area contributed by atoms with Gasteiger partial charge in [0.05, 0.1) is 25.4 Å². The standard InChI is InChI=1S/C65H125NO5/c1-3-5-7-9-11-13-15-17-19-21-22-23-24-25-26-28-29-33-37-41-45-49-53-57-63(68)62(61-67)66-64(69)58-54-50-46-42-38-34-31-32-36-40-44-48-52-56-60-71-65(70)59-55-51-47-43-39-35-30-27-20-18-16-14-12-10-8-6-4-2/h12,14,18,20,62-63,67-68H,3-11,13,15-17,19,21-61H2,1-2H3,(H,66,69)/b14-12-,20-18-. The van der Waals surface area contributed by atoms with E-state index in [0.717, 1.165) is 57.8 Å². The number of unbranched alkanes of at least 4 members (excludes halogenated alkanes) is 45. The molecule has 6 heteroatoms. The first-order valence-corrected chi connectivity index (χ1v) is 32.1. The molecule has 0 heterocycles. The summed E-state index contributed by atoms with van der Waals surface area (Å²) in [5.74, 6) is -0.0508. The van der Waals surface area contributed by atoms with Gasteiger partial charge in [0, 0.05) is 12.8 Å². The van der Waals surface area contributed by atoms with Gasteiger partial charge in [0.1, 0.15) is 0 Å². The quantitative estimate of drug-likeness (QED) is 0.0320. The summed E-state index contributed by atoms with van der Waals surface area (Å²) in [6, 6.07) is -0.551. The summed E-state index contributed by atoms with van der Waals surface area (Å²) in [7, 11) is 0. The maximum atomic E-state index is 12.5. The molecule has 0 spiro atoms. The molecule has 0 saturated heterocycles. The van der Waals surface area contributed by atoms with Gasteiger partial charge in [0.25, 0.3) is 0 Å². The van der Waals surface area contributed by atoms with Gasteiger partial charge in [-0.15, -0.1) is 0 Å². The minimum atomic E-state index is -0.673. The third-order valence-electron chi connectivity index (χ3n) is 15.0. The van der Waals surface area contributed by atoms with Crippen molar-refractivity contribution in [3.63, 3.8) is 0 Å². The lowest BCUT2D eigenvalue weighted by atomic mass is 10.0. The van der Waals surface area contributed by atoms with Crippen LogP contribution in [0.4, 0.5) is 0 Å². The lowest BCUT2D eigenvalue weighted by Gasteiger charge is -2.22. The molecule has 0 aromatic rings. The Morgan fingerprint density at radius 2 is 0.704 bits per heavy atom. The van der Waals surface area contributed by atoms with Crippen molar-refractivity contribution >= 4 is 11.9 Å². The average Bonchev–Trinajstić information content (AvgIpc) is 3.37. The van der Waals surface area contributed by atoms with Crippen molar-refractivity contribution in [2.45, 2.75) is 366 Å². The highest BCUT2D eigenvalue weighted by molar-refractivity contribution is 5.76. The van der Waals surface area contributed by atoms with E-state index in [-0.39, 0.29) is 18.5 Å². The monoisotopic (exact) mass is 1000 g/mol. The van der Waals surface area contributed by atoms with E-state index in [9.17, 15) is 19.8 Å². The van der Waals surface area contributed by atoms with Crippen LogP contribution in [0.1, 0.15) is 354 Å². The number of ether oxygens (including phenoxy) is 1. The lowest BCUT2D eigenvalue weighted by molar-refractivity contribution is -0.143. The minimum absolute atomic E-state index is 0.00879. The zero-order chi connectivity index (χ0) is 51.4. The molecular weight excluding hydrogens is 875 g/mol. The molecule has 0 aliphatic heterocycles. The zero-order valence-corrected chi connectivity index (χ0v) is 48.0. The van der Waals surface area contributed by atoms with Crippen LogP contribution in [0.5, 0.6) is 0 Å². The number of rotatable bonds is 60. The Kier molecular flexibility index (Phi) is 59.5. The SMILES string of the molecule is CCCCC/C=C\C/C=C\CCCCCCCCCC(=O)OCCCCCCCCCCCCCCCCC(=O)NC(CO)C(O)CCCCCCCCCCCCCCCCCCCCCCCCC. The Labute approximate surface area is 443 Å². The van der Waals surface area contributed by atoms with Gasteiger partial charge in [0.2, 0.25) is 5.91 Å². The van der Waals surface area contributed by atoms with Crippen molar-refractivity contribution < 1.29 is 24.5 Å². The summed E-state index contributed by atoms with van der Waals surface area (Å²) in [6.45, 7) is 4.93. The fourth-order valence-corrected chi connectivity index (χ4v) is 10.1. The lowest BCUT2D eigenvalue weighted by Crippen LogP contribution is -2.45. The van der Waals surface area contributed by atoms with E-state index in [1.165, 1.54) is 263 Å². The van der Waals surface area contributed by atoms with Crippen LogP contribution >= 0.6 is 0 Å². The summed E-state index contributed by atoms with van der Waals surface area (Å²) in [5, 5.41) is 23.4. The predicted molar refractivity (Wildman–Crippen MR) is 310 cm³/mol. The molecular formula is C65H125NO5. The molecule has 0 aromatic heterocycles. The Balaban J connectivity index is 3.43. The topological polar surface area (TPSA) is 95.9 Å². The number of esters is 1. The third-order valence-corrected chi connectivity index (χ3v) is 15.0. The number of amides is 1. The van der Waals surface area contributed by atoms with Crippen molar-refractivity contribution in [2.75, 3.05) is 13.2 Å². The van der Waals surface area contributed by atoms with E-state index < -0.39 is 12.1 Å². The van der Waals surface area contributed by atoms with Crippen LogP contribution in [0, 0.1) is 0 Å². The second-order valence-electron chi connectivity index (χ2n) is 22.1. The van der Waals surface area contributed by atoms with Gasteiger partial charge in [0.15, 0.2) is 0 Å². The van der Waals surface area contributed by atoms with E-state index in [1.54, 1.807) is 0 Å². The molecule has 0 radical (unpaired) electrons. The van der Waals surface area contributed by atoms with Gasteiger partial charge in [-0.1, -0.05) is 308 Å². The first-order valence-electron chi connectivity index (χ1n) is 32.1. The van der Waals surface area contributed by atoms with Crippen LogP contribution in [0.2, 0.25) is 0 Å². The number of nitrogens with one attached hydrogen (secondary N) is 1. The van der Waals surface area contributed by atoms with Crippen LogP contribution in [0.25, 0.3) is 0 Å². The molecule has 0 aromatic carbocycles. The van der Waals surface area contributed by atoms with Crippen LogP contribution in [0.15, 0.2) is 24.3 Å². The zero-order valence-electron chi connectivity index (χ0n) is 48.0. The van der Waals surface area contributed by atoms with Gasteiger partial charge in [-0.3, -0.25) is 9.59 Å². The number of allylic oxidation sites excluding steroid dienone is 4. The van der Waals surface area contributed by atoms with E-state index in [2.05, 4.69) is 43.5 Å². The van der Waals surface area contributed by atoms with Gasteiger partial charge >= 0.3 is 5.97 Å². The van der Waals surface area contributed by atoms with E-state index >= 15 is 0 Å². The van der Waals surface area contributed by atoms with Crippen LogP contribution in [0.3, 0.4) is 0 Å². The molecule has 0 bridgehead atoms. The number of carbonyl (C=O) groups is 2. The Hall–Kier alpha value is -1.66. The summed E-state index contributed by atoms with van der Waals surface area (Å²) in [4.78, 5) is 24.6. The van der Waals surface area contributed by atoms with Gasteiger partial charge in [-0.05, 0) is 57.8 Å². The second kappa shape index (κ2) is 60.9. The molecule has 6 nitrogen and oxygen atoms in total. The Bertz CT molecular complexity index is 1110. The normalized spacial score (nSPS) is 12.7. The Morgan fingerprint density at radius 1 is 0.394 bits per heavy atom. The molecule has 420 valence electrons. The second-order valence-corrected chi connectivity index (χ2v) is 22.1. The van der Waals surface area contributed by atoms with E-state index in [0.29, 0.717) is 25.9 Å². The van der Waals surface area contributed by atoms with E-state index in [4.69, 9.17) is 4.74 Å². The van der Waals surface area contributed by atoms with Crippen LogP contribution in [-0.2, 0) is 14.3 Å². The fourth-order valence-electron chi connectivity index (χ4n) is 10.1. The maximum Gasteiger partial charge on any atom is 0.305 e. The molecule has 0 fully saturated rings. The highest BCUT2D eigenvalue weighted by atomic mass is 16.5. The fraction of sp³-hybridized carbons (Fsp3) is 0.908. The van der Waals surface area contributed by atoms with Gasteiger partial charge in [-0.25, -0.2) is 0 Å². The summed E-state index contributed by atoms with van der Waals surface area (Å²) in [6.07, 6.45) is 74.7. The average molecular weight is 1000 g/mol. The van der Waals surface area contributed by atoms with E-state index in [1.807, 2.05) is 0 Å². The van der Waals surface area contributed by atoms with Crippen molar-refractivity contribution in [3.05, 3.63) is 24.3 Å². The molecule has 0 rings (SSSR count). The minimum Gasteiger partial charge on any atom is -0.466 e. The van der Waals surface area contributed by atoms with Crippen LogP contribution < -0.4 is 5.32 Å². The number of hydrogen-bond donors (Lipinski definition) is 3. The number of aliphatic hydroxyl groups excluding tert-OH is 2. The first kappa shape index (κ1) is 69.3. The molecule has 2 atom stereocenters. The highest BCUT2D eigenvalue weighted by Crippen LogP contribution is 2.18. The third kappa shape index (κ3) is 57.5. The number of carbonyl (C=O) groups excluding carboxylic acids is 2. The van der Waals surface area contributed by atoms with Gasteiger partial charge < -0.3 is 20.3 Å². The first-order chi connectivity index (χ1) is 35.0. The van der Waals surface area contributed by atoms with Crippen LogP contribution in [-0.4, -0.2) is 47.4 Å².